The summed E-state index contributed by atoms with van der Waals surface area (Å²) in [5.74, 6) is 0.0680. The molecule has 1 aromatic rings. The van der Waals surface area contributed by atoms with Crippen LogP contribution in [0.1, 0.15) is 6.42 Å². The van der Waals surface area contributed by atoms with Gasteiger partial charge in [-0.25, -0.2) is 0 Å². The van der Waals surface area contributed by atoms with E-state index in [0.29, 0.717) is 18.0 Å². The molecule has 1 fully saturated rings. The first-order valence-corrected chi connectivity index (χ1v) is 6.14. The van der Waals surface area contributed by atoms with Crippen molar-refractivity contribution in [3.8, 4) is 0 Å². The van der Waals surface area contributed by atoms with Crippen molar-refractivity contribution in [3.05, 3.63) is 27.7 Å². The molecule has 86 valence electrons. The number of amides is 1. The minimum absolute atomic E-state index is 0.0326. The molecular weight excluding hydrogens is 293 g/mol. The summed E-state index contributed by atoms with van der Waals surface area (Å²) < 4.78 is 0.843. The van der Waals surface area contributed by atoms with E-state index in [4.69, 9.17) is 16.7 Å². The molecule has 0 saturated carbocycles. The van der Waals surface area contributed by atoms with Crippen molar-refractivity contribution in [2.45, 2.75) is 6.42 Å². The molecule has 0 radical (unpaired) electrons. The summed E-state index contributed by atoms with van der Waals surface area (Å²) in [5.41, 5.74) is 0.778. The highest BCUT2D eigenvalue weighted by molar-refractivity contribution is 9.10. The van der Waals surface area contributed by atoms with Crippen molar-refractivity contribution >= 4 is 39.1 Å². The van der Waals surface area contributed by atoms with Crippen molar-refractivity contribution in [3.63, 3.8) is 0 Å². The minimum atomic E-state index is 0.0326. The molecule has 0 aromatic heterocycles. The van der Waals surface area contributed by atoms with Gasteiger partial charge in [-0.3, -0.25) is 4.79 Å². The Morgan fingerprint density at radius 3 is 2.81 bits per heavy atom. The van der Waals surface area contributed by atoms with E-state index in [1.54, 1.807) is 17.0 Å². The Morgan fingerprint density at radius 2 is 2.25 bits per heavy atom. The van der Waals surface area contributed by atoms with Crippen LogP contribution < -0.4 is 4.90 Å². The Labute approximate surface area is 107 Å². The molecule has 1 aromatic carbocycles. The lowest BCUT2D eigenvalue weighted by Gasteiger charge is -2.17. The maximum atomic E-state index is 11.7. The lowest BCUT2D eigenvalue weighted by atomic mass is 10.1. The van der Waals surface area contributed by atoms with Crippen LogP contribution in [0.4, 0.5) is 5.69 Å². The summed E-state index contributed by atoms with van der Waals surface area (Å²) in [7, 11) is 0. The quantitative estimate of drug-likeness (QED) is 0.912. The Hall–Kier alpha value is -0.580. The first-order chi connectivity index (χ1) is 7.60. The molecule has 16 heavy (non-hydrogen) atoms. The predicted octanol–water partition coefficient (Wildman–Crippen LogP) is 2.45. The molecule has 3 nitrogen and oxygen atoms in total. The van der Waals surface area contributed by atoms with Crippen molar-refractivity contribution in [2.24, 2.45) is 5.92 Å². The van der Waals surface area contributed by atoms with E-state index in [1.165, 1.54) is 0 Å². The Kier molecular flexibility index (Phi) is 3.52. The van der Waals surface area contributed by atoms with E-state index < -0.39 is 0 Å². The van der Waals surface area contributed by atoms with E-state index in [1.807, 2.05) is 6.07 Å². The number of rotatable bonds is 2. The Morgan fingerprint density at radius 1 is 1.50 bits per heavy atom. The third-order valence-electron chi connectivity index (χ3n) is 2.62. The highest BCUT2D eigenvalue weighted by Crippen LogP contribution is 2.30. The molecule has 5 heteroatoms. The number of hydrogen-bond acceptors (Lipinski definition) is 2. The van der Waals surface area contributed by atoms with E-state index in [2.05, 4.69) is 15.9 Å². The molecule has 0 bridgehead atoms. The molecule has 1 aliphatic rings. The molecule has 1 N–H and O–H groups in total. The highest BCUT2D eigenvalue weighted by Gasteiger charge is 2.30. The molecule has 1 atom stereocenters. The van der Waals surface area contributed by atoms with E-state index >= 15 is 0 Å². The van der Waals surface area contributed by atoms with Crippen LogP contribution in [-0.2, 0) is 4.79 Å². The molecule has 1 saturated heterocycles. The van der Waals surface area contributed by atoms with Gasteiger partial charge in [0.2, 0.25) is 5.91 Å². The molecular formula is C11H11BrClNO2. The van der Waals surface area contributed by atoms with Crippen LogP contribution in [0.2, 0.25) is 5.02 Å². The van der Waals surface area contributed by atoms with Crippen LogP contribution in [0.25, 0.3) is 0 Å². The second-order valence-electron chi connectivity index (χ2n) is 3.88. The molecule has 1 amide bonds. The normalized spacial score (nSPS) is 20.6. The molecule has 1 unspecified atom stereocenters. The minimum Gasteiger partial charge on any atom is -0.396 e. The number of aliphatic hydroxyl groups is 1. The number of hydrogen-bond donors (Lipinski definition) is 1. The topological polar surface area (TPSA) is 40.5 Å². The second-order valence-corrected chi connectivity index (χ2v) is 5.24. The molecule has 1 heterocycles. The first-order valence-electron chi connectivity index (χ1n) is 4.97. The van der Waals surface area contributed by atoms with Crippen LogP contribution in [-0.4, -0.2) is 24.2 Å². The highest BCUT2D eigenvalue weighted by atomic mass is 79.9. The van der Waals surface area contributed by atoms with E-state index in [0.717, 1.165) is 10.2 Å². The van der Waals surface area contributed by atoms with Gasteiger partial charge in [0.1, 0.15) is 0 Å². The summed E-state index contributed by atoms with van der Waals surface area (Å²) in [5, 5.41) is 9.63. The number of carbonyl (C=O) groups is 1. The maximum Gasteiger partial charge on any atom is 0.227 e. The smallest absolute Gasteiger partial charge is 0.227 e. The van der Waals surface area contributed by atoms with E-state index in [9.17, 15) is 4.79 Å². The van der Waals surface area contributed by atoms with Gasteiger partial charge < -0.3 is 10.0 Å². The summed E-state index contributed by atoms with van der Waals surface area (Å²) in [6.45, 7) is 0.603. The van der Waals surface area contributed by atoms with Gasteiger partial charge in [0.15, 0.2) is 0 Å². The number of nitrogens with zero attached hydrogens (tertiary/aromatic N) is 1. The van der Waals surface area contributed by atoms with Crippen LogP contribution in [0, 0.1) is 5.92 Å². The average molecular weight is 305 g/mol. The van der Waals surface area contributed by atoms with Gasteiger partial charge in [-0.2, -0.15) is 0 Å². The zero-order valence-electron chi connectivity index (χ0n) is 8.49. The van der Waals surface area contributed by atoms with Crippen molar-refractivity contribution < 1.29 is 9.90 Å². The van der Waals surface area contributed by atoms with Crippen LogP contribution >= 0.6 is 27.5 Å². The number of aliphatic hydroxyl groups excluding tert-OH is 1. The van der Waals surface area contributed by atoms with Crippen molar-refractivity contribution in [1.82, 2.24) is 0 Å². The Balaban J connectivity index is 2.27. The predicted molar refractivity (Wildman–Crippen MR) is 66.7 cm³/mol. The van der Waals surface area contributed by atoms with Crippen molar-refractivity contribution in [2.75, 3.05) is 18.1 Å². The largest absolute Gasteiger partial charge is 0.396 e. The summed E-state index contributed by atoms with van der Waals surface area (Å²) in [4.78, 5) is 13.4. The van der Waals surface area contributed by atoms with Crippen LogP contribution in [0.5, 0.6) is 0 Å². The lowest BCUT2D eigenvalue weighted by Crippen LogP contribution is -2.24. The fourth-order valence-electron chi connectivity index (χ4n) is 1.85. The Bertz CT molecular complexity index is 404. The summed E-state index contributed by atoms with van der Waals surface area (Å²) >= 11 is 9.27. The molecule has 0 spiro atoms. The van der Waals surface area contributed by atoms with Gasteiger partial charge >= 0.3 is 0 Å². The van der Waals surface area contributed by atoms with Crippen molar-refractivity contribution in [1.29, 1.82) is 0 Å². The maximum absolute atomic E-state index is 11.7. The van der Waals surface area contributed by atoms with Crippen LogP contribution in [0.3, 0.4) is 0 Å². The average Bonchev–Trinajstić information content (AvgIpc) is 2.58. The molecule has 2 rings (SSSR count). The second kappa shape index (κ2) is 4.73. The monoisotopic (exact) mass is 303 g/mol. The van der Waals surface area contributed by atoms with Gasteiger partial charge in [0, 0.05) is 40.7 Å². The fraction of sp³-hybridized carbons (Fsp3) is 0.364. The summed E-state index contributed by atoms with van der Waals surface area (Å²) in [6, 6.07) is 5.38. The number of halogens is 2. The molecule has 1 aliphatic heterocycles. The van der Waals surface area contributed by atoms with Gasteiger partial charge in [-0.1, -0.05) is 27.5 Å². The van der Waals surface area contributed by atoms with Gasteiger partial charge in [0.05, 0.1) is 0 Å². The third-order valence-corrected chi connectivity index (χ3v) is 3.30. The lowest BCUT2D eigenvalue weighted by molar-refractivity contribution is -0.117. The number of benzene rings is 1. The fourth-order valence-corrected chi connectivity index (χ4v) is 2.69. The zero-order chi connectivity index (χ0) is 11.7. The van der Waals surface area contributed by atoms with Crippen LogP contribution in [0.15, 0.2) is 22.7 Å². The standard InChI is InChI=1S/C11H11BrClNO2/c12-8-2-9(13)4-10(3-8)14-5-7(6-15)1-11(14)16/h2-4,7,15H,1,5-6H2. The van der Waals surface area contributed by atoms with E-state index in [-0.39, 0.29) is 18.4 Å². The summed E-state index contributed by atoms with van der Waals surface area (Å²) in [6.07, 6.45) is 0.403. The molecule has 0 aliphatic carbocycles. The third kappa shape index (κ3) is 2.39. The van der Waals surface area contributed by atoms with Gasteiger partial charge in [-0.15, -0.1) is 0 Å². The SMILES string of the molecule is O=C1CC(CO)CN1c1cc(Cl)cc(Br)c1. The first kappa shape index (κ1) is 11.9. The number of carbonyl (C=O) groups excluding carboxylic acids is 1. The van der Waals surface area contributed by atoms with Gasteiger partial charge in [0.25, 0.3) is 0 Å². The zero-order valence-corrected chi connectivity index (χ0v) is 10.8. The number of anilines is 1. The van der Waals surface area contributed by atoms with Gasteiger partial charge in [-0.05, 0) is 18.2 Å².